The predicted octanol–water partition coefficient (Wildman–Crippen LogP) is 2.34. The molecule has 6 heteroatoms. The van der Waals surface area contributed by atoms with Crippen molar-refractivity contribution in [3.63, 3.8) is 0 Å². The van der Waals surface area contributed by atoms with Crippen LogP contribution in [0.5, 0.6) is 5.75 Å². The van der Waals surface area contributed by atoms with Crippen molar-refractivity contribution in [1.82, 2.24) is 4.90 Å². The first-order chi connectivity index (χ1) is 9.17. The molecule has 0 bridgehead atoms. The second-order valence-corrected chi connectivity index (χ2v) is 4.81. The first kappa shape index (κ1) is 14.0. The molecule has 1 aliphatic carbocycles. The van der Waals surface area contributed by atoms with Gasteiger partial charge < -0.3 is 20.1 Å². The Balaban J connectivity index is 2.11. The minimum absolute atomic E-state index is 0.0450. The number of ether oxygens (including phenoxy) is 1. The lowest BCUT2D eigenvalue weighted by Crippen LogP contribution is -2.38. The standard InChI is InChI=1S/C13H17ClN2O3/c1-19-12-10(14)3-2-4-11(12)15-13(18)16(7-8-17)9-5-6-9/h2-4,9,17H,5-8H2,1H3,(H,15,18). The molecular weight excluding hydrogens is 268 g/mol. The van der Waals surface area contributed by atoms with E-state index in [0.717, 1.165) is 12.8 Å². The normalized spacial score (nSPS) is 14.1. The van der Waals surface area contributed by atoms with E-state index in [1.807, 2.05) is 0 Å². The second-order valence-electron chi connectivity index (χ2n) is 4.40. The van der Waals surface area contributed by atoms with Gasteiger partial charge in [0.25, 0.3) is 0 Å². The van der Waals surface area contributed by atoms with Gasteiger partial charge in [-0.05, 0) is 25.0 Å². The fourth-order valence-electron chi connectivity index (χ4n) is 1.95. The number of amides is 2. The summed E-state index contributed by atoms with van der Waals surface area (Å²) < 4.78 is 5.18. The van der Waals surface area contributed by atoms with Crippen LogP contribution in [0.4, 0.5) is 10.5 Å². The monoisotopic (exact) mass is 284 g/mol. The number of carbonyl (C=O) groups excluding carboxylic acids is 1. The van der Waals surface area contributed by atoms with Crippen molar-refractivity contribution in [3.8, 4) is 5.75 Å². The molecule has 5 nitrogen and oxygen atoms in total. The van der Waals surface area contributed by atoms with Crippen LogP contribution in [0.3, 0.4) is 0 Å². The third kappa shape index (κ3) is 3.30. The zero-order chi connectivity index (χ0) is 13.8. The van der Waals surface area contributed by atoms with Crippen molar-refractivity contribution in [2.24, 2.45) is 0 Å². The Morgan fingerprint density at radius 1 is 1.58 bits per heavy atom. The van der Waals surface area contributed by atoms with Crippen LogP contribution < -0.4 is 10.1 Å². The van der Waals surface area contributed by atoms with Gasteiger partial charge in [-0.1, -0.05) is 17.7 Å². The third-order valence-corrected chi connectivity index (χ3v) is 3.30. The average molecular weight is 285 g/mol. The fraction of sp³-hybridized carbons (Fsp3) is 0.462. The van der Waals surface area contributed by atoms with Crippen molar-refractivity contribution in [2.75, 3.05) is 25.6 Å². The molecule has 104 valence electrons. The van der Waals surface area contributed by atoms with E-state index >= 15 is 0 Å². The zero-order valence-corrected chi connectivity index (χ0v) is 11.5. The van der Waals surface area contributed by atoms with Gasteiger partial charge in [0, 0.05) is 12.6 Å². The smallest absolute Gasteiger partial charge is 0.322 e. The summed E-state index contributed by atoms with van der Waals surface area (Å²) in [5, 5.41) is 12.2. The number of nitrogens with zero attached hydrogens (tertiary/aromatic N) is 1. The second kappa shape index (κ2) is 6.12. The molecule has 0 unspecified atom stereocenters. The van der Waals surface area contributed by atoms with Crippen LogP contribution in [-0.4, -0.2) is 42.3 Å². The van der Waals surface area contributed by atoms with Crippen LogP contribution >= 0.6 is 11.6 Å². The van der Waals surface area contributed by atoms with Gasteiger partial charge in [0.05, 0.1) is 24.4 Å². The summed E-state index contributed by atoms with van der Waals surface area (Å²) in [6, 6.07) is 5.16. The van der Waals surface area contributed by atoms with E-state index in [-0.39, 0.29) is 18.7 Å². The lowest BCUT2D eigenvalue weighted by atomic mass is 10.3. The van der Waals surface area contributed by atoms with Gasteiger partial charge in [-0.15, -0.1) is 0 Å². The molecule has 0 saturated heterocycles. The molecular formula is C13H17ClN2O3. The summed E-state index contributed by atoms with van der Waals surface area (Å²) >= 11 is 6.00. The molecule has 0 atom stereocenters. The molecule has 0 radical (unpaired) electrons. The number of rotatable bonds is 5. The van der Waals surface area contributed by atoms with Crippen LogP contribution in [0.15, 0.2) is 18.2 Å². The van der Waals surface area contributed by atoms with Gasteiger partial charge in [0.1, 0.15) is 0 Å². The lowest BCUT2D eigenvalue weighted by Gasteiger charge is -2.22. The number of carbonyl (C=O) groups is 1. The topological polar surface area (TPSA) is 61.8 Å². The average Bonchev–Trinajstić information content (AvgIpc) is 3.20. The Morgan fingerprint density at radius 2 is 2.32 bits per heavy atom. The molecule has 1 aromatic rings. The van der Waals surface area contributed by atoms with E-state index in [1.165, 1.54) is 7.11 Å². The van der Waals surface area contributed by atoms with Crippen LogP contribution in [0, 0.1) is 0 Å². The highest BCUT2D eigenvalue weighted by Crippen LogP contribution is 2.33. The van der Waals surface area contributed by atoms with E-state index < -0.39 is 0 Å². The Bertz CT molecular complexity index is 463. The molecule has 1 aromatic carbocycles. The Labute approximate surface area is 117 Å². The van der Waals surface area contributed by atoms with Crippen molar-refractivity contribution < 1.29 is 14.6 Å². The number of hydrogen-bond acceptors (Lipinski definition) is 3. The number of benzene rings is 1. The minimum Gasteiger partial charge on any atom is -0.493 e. The van der Waals surface area contributed by atoms with Crippen LogP contribution in [0.2, 0.25) is 5.02 Å². The number of aliphatic hydroxyl groups excluding tert-OH is 1. The van der Waals surface area contributed by atoms with Gasteiger partial charge >= 0.3 is 6.03 Å². The largest absolute Gasteiger partial charge is 0.493 e. The van der Waals surface area contributed by atoms with E-state index in [1.54, 1.807) is 23.1 Å². The molecule has 2 N–H and O–H groups in total. The predicted molar refractivity (Wildman–Crippen MR) is 73.8 cm³/mol. The molecule has 19 heavy (non-hydrogen) atoms. The highest BCUT2D eigenvalue weighted by molar-refractivity contribution is 6.32. The van der Waals surface area contributed by atoms with Crippen molar-refractivity contribution in [1.29, 1.82) is 0 Å². The van der Waals surface area contributed by atoms with E-state index in [4.69, 9.17) is 21.4 Å². The lowest BCUT2D eigenvalue weighted by molar-refractivity contribution is 0.185. The number of para-hydroxylation sites is 1. The molecule has 1 aliphatic rings. The minimum atomic E-state index is -0.239. The molecule has 1 saturated carbocycles. The summed E-state index contributed by atoms with van der Waals surface area (Å²) in [6.45, 7) is 0.288. The number of methoxy groups -OCH3 is 1. The number of hydrogen-bond donors (Lipinski definition) is 2. The number of nitrogens with one attached hydrogen (secondary N) is 1. The number of halogens is 1. The number of anilines is 1. The fourth-order valence-corrected chi connectivity index (χ4v) is 2.20. The maximum absolute atomic E-state index is 12.2. The molecule has 0 spiro atoms. The summed E-state index contributed by atoms with van der Waals surface area (Å²) in [4.78, 5) is 13.8. The van der Waals surface area contributed by atoms with Gasteiger partial charge in [-0.3, -0.25) is 0 Å². The van der Waals surface area contributed by atoms with Crippen LogP contribution in [-0.2, 0) is 0 Å². The van der Waals surface area contributed by atoms with Gasteiger partial charge in [0.2, 0.25) is 0 Å². The van der Waals surface area contributed by atoms with Gasteiger partial charge in [-0.2, -0.15) is 0 Å². The van der Waals surface area contributed by atoms with Crippen molar-refractivity contribution >= 4 is 23.3 Å². The molecule has 0 heterocycles. The summed E-state index contributed by atoms with van der Waals surface area (Å²) in [5.41, 5.74) is 0.531. The van der Waals surface area contributed by atoms with Crippen LogP contribution in [0.1, 0.15) is 12.8 Å². The number of urea groups is 1. The highest BCUT2D eigenvalue weighted by atomic mass is 35.5. The van der Waals surface area contributed by atoms with Crippen molar-refractivity contribution in [3.05, 3.63) is 23.2 Å². The maximum atomic E-state index is 12.2. The quantitative estimate of drug-likeness (QED) is 0.872. The molecule has 0 aliphatic heterocycles. The first-order valence-corrected chi connectivity index (χ1v) is 6.56. The number of aliphatic hydroxyl groups is 1. The van der Waals surface area contributed by atoms with Crippen molar-refractivity contribution in [2.45, 2.75) is 18.9 Å². The van der Waals surface area contributed by atoms with E-state index in [2.05, 4.69) is 5.32 Å². The Hall–Kier alpha value is -1.46. The Morgan fingerprint density at radius 3 is 2.89 bits per heavy atom. The molecule has 2 rings (SSSR count). The maximum Gasteiger partial charge on any atom is 0.322 e. The Kier molecular flexibility index (Phi) is 4.50. The van der Waals surface area contributed by atoms with Gasteiger partial charge in [0.15, 0.2) is 5.75 Å². The third-order valence-electron chi connectivity index (χ3n) is 3.00. The van der Waals surface area contributed by atoms with Gasteiger partial charge in [-0.25, -0.2) is 4.79 Å². The van der Waals surface area contributed by atoms with Crippen LogP contribution in [0.25, 0.3) is 0 Å². The summed E-state index contributed by atoms with van der Waals surface area (Å²) in [6.07, 6.45) is 1.97. The molecule has 0 aromatic heterocycles. The molecule has 1 fully saturated rings. The first-order valence-electron chi connectivity index (χ1n) is 6.18. The summed E-state index contributed by atoms with van der Waals surface area (Å²) in [5.74, 6) is 0.442. The zero-order valence-electron chi connectivity index (χ0n) is 10.7. The summed E-state index contributed by atoms with van der Waals surface area (Å²) in [7, 11) is 1.50. The highest BCUT2D eigenvalue weighted by Gasteiger charge is 2.32. The van der Waals surface area contributed by atoms with E-state index in [9.17, 15) is 4.79 Å². The van der Waals surface area contributed by atoms with E-state index in [0.29, 0.717) is 23.0 Å². The molecule has 2 amide bonds. The SMILES string of the molecule is COc1c(Cl)cccc1NC(=O)N(CCO)C1CC1.